The highest BCUT2D eigenvalue weighted by atomic mass is 16.5. The Morgan fingerprint density at radius 3 is 2.44 bits per heavy atom. The molecule has 2 heterocycles. The van der Waals surface area contributed by atoms with Gasteiger partial charge >= 0.3 is 0 Å². The summed E-state index contributed by atoms with van der Waals surface area (Å²) in [5, 5.41) is 21.6. The van der Waals surface area contributed by atoms with E-state index in [0.29, 0.717) is 16.9 Å². The molecule has 1 amide bonds. The fourth-order valence-electron chi connectivity index (χ4n) is 3.75. The third-order valence-corrected chi connectivity index (χ3v) is 5.09. The van der Waals surface area contributed by atoms with Crippen LogP contribution >= 0.6 is 0 Å². The zero-order valence-corrected chi connectivity index (χ0v) is 17.6. The van der Waals surface area contributed by atoms with Crippen LogP contribution in [0.4, 0.5) is 5.69 Å². The van der Waals surface area contributed by atoms with E-state index in [1.54, 1.807) is 54.6 Å². The van der Waals surface area contributed by atoms with Crippen LogP contribution in [0.1, 0.15) is 31.0 Å². The van der Waals surface area contributed by atoms with Crippen LogP contribution in [-0.2, 0) is 9.59 Å². The smallest absolute Gasteiger partial charge is 0.300 e. The van der Waals surface area contributed by atoms with Crippen LogP contribution in [0.2, 0.25) is 0 Å². The maximum absolute atomic E-state index is 13.1. The van der Waals surface area contributed by atoms with Crippen molar-refractivity contribution in [1.29, 1.82) is 0 Å². The standard InChI is InChI=1S/C25H22N2O5/c1-15(2)32-18-7-5-6-17(14-18)23(29)21-22(16-10-12-26-13-11-16)27(25(31)24(21)30)19-8-3-4-9-20(19)28/h3-15,22,28-29H,1-2H3/b23-21-. The van der Waals surface area contributed by atoms with Crippen molar-refractivity contribution < 1.29 is 24.5 Å². The number of amides is 1. The molecule has 1 aromatic heterocycles. The Morgan fingerprint density at radius 1 is 1.03 bits per heavy atom. The molecule has 0 bridgehead atoms. The van der Waals surface area contributed by atoms with Crippen LogP contribution in [0.15, 0.2) is 78.6 Å². The molecule has 0 spiro atoms. The van der Waals surface area contributed by atoms with Gasteiger partial charge in [0.25, 0.3) is 11.7 Å². The number of phenolic OH excluding ortho intramolecular Hbond substituents is 1. The molecule has 1 aliphatic rings. The molecular weight excluding hydrogens is 408 g/mol. The zero-order chi connectivity index (χ0) is 22.8. The summed E-state index contributed by atoms with van der Waals surface area (Å²) in [6.45, 7) is 3.77. The Kier molecular flexibility index (Phi) is 5.64. The number of hydrogen-bond acceptors (Lipinski definition) is 6. The molecule has 1 aliphatic heterocycles. The van der Waals surface area contributed by atoms with Crippen LogP contribution in [0, 0.1) is 0 Å². The Hall–Kier alpha value is -4.13. The first-order valence-electron chi connectivity index (χ1n) is 10.1. The van der Waals surface area contributed by atoms with E-state index >= 15 is 0 Å². The average molecular weight is 430 g/mol. The van der Waals surface area contributed by atoms with Gasteiger partial charge in [0.05, 0.1) is 23.4 Å². The van der Waals surface area contributed by atoms with Crippen molar-refractivity contribution in [3.8, 4) is 11.5 Å². The average Bonchev–Trinajstić information content (AvgIpc) is 3.04. The van der Waals surface area contributed by atoms with Gasteiger partial charge < -0.3 is 14.9 Å². The number of aromatic hydroxyl groups is 1. The summed E-state index contributed by atoms with van der Waals surface area (Å²) >= 11 is 0. The number of Topliss-reactive ketones (excluding diaryl/α,β-unsaturated/α-hetero) is 1. The second kappa shape index (κ2) is 8.55. The van der Waals surface area contributed by atoms with Crippen LogP contribution in [-0.4, -0.2) is 33.0 Å². The number of benzene rings is 2. The van der Waals surface area contributed by atoms with Crippen molar-refractivity contribution in [3.63, 3.8) is 0 Å². The number of aromatic nitrogens is 1. The Labute approximate surface area is 185 Å². The number of phenols is 1. The van der Waals surface area contributed by atoms with Gasteiger partial charge in [0.2, 0.25) is 0 Å². The maximum atomic E-state index is 13.1. The van der Waals surface area contributed by atoms with Crippen molar-refractivity contribution in [1.82, 2.24) is 4.98 Å². The molecular formula is C25H22N2O5. The number of pyridine rings is 1. The number of ketones is 1. The van der Waals surface area contributed by atoms with Crippen LogP contribution in [0.25, 0.3) is 5.76 Å². The Balaban J connectivity index is 1.91. The molecule has 2 aromatic carbocycles. The van der Waals surface area contributed by atoms with Gasteiger partial charge in [-0.05, 0) is 55.8 Å². The van der Waals surface area contributed by atoms with Crippen LogP contribution < -0.4 is 9.64 Å². The second-order valence-corrected chi connectivity index (χ2v) is 7.63. The van der Waals surface area contributed by atoms with Gasteiger partial charge in [0, 0.05) is 18.0 Å². The fraction of sp³-hybridized carbons (Fsp3) is 0.160. The predicted molar refractivity (Wildman–Crippen MR) is 119 cm³/mol. The van der Waals surface area contributed by atoms with Crippen molar-refractivity contribution in [2.24, 2.45) is 0 Å². The highest BCUT2D eigenvalue weighted by Gasteiger charge is 2.47. The molecule has 162 valence electrons. The monoisotopic (exact) mass is 430 g/mol. The molecule has 1 fully saturated rings. The van der Waals surface area contributed by atoms with Gasteiger partial charge in [-0.25, -0.2) is 0 Å². The third-order valence-electron chi connectivity index (χ3n) is 5.09. The third kappa shape index (κ3) is 3.80. The van der Waals surface area contributed by atoms with Gasteiger partial charge in [-0.15, -0.1) is 0 Å². The normalized spacial score (nSPS) is 17.7. The first kappa shape index (κ1) is 21.1. The molecule has 1 unspecified atom stereocenters. The summed E-state index contributed by atoms with van der Waals surface area (Å²) in [7, 11) is 0. The van der Waals surface area contributed by atoms with Gasteiger partial charge in [0.1, 0.15) is 17.3 Å². The molecule has 1 saturated heterocycles. The topological polar surface area (TPSA) is 100.0 Å². The Bertz CT molecular complexity index is 1200. The predicted octanol–water partition coefficient (Wildman–Crippen LogP) is 4.20. The number of rotatable bonds is 5. The molecule has 1 atom stereocenters. The molecule has 7 heteroatoms. The summed E-state index contributed by atoms with van der Waals surface area (Å²) in [5.74, 6) is -1.63. The lowest BCUT2D eigenvalue weighted by Gasteiger charge is -2.25. The second-order valence-electron chi connectivity index (χ2n) is 7.63. The maximum Gasteiger partial charge on any atom is 0.300 e. The van der Waals surface area contributed by atoms with E-state index in [4.69, 9.17) is 4.74 Å². The summed E-state index contributed by atoms with van der Waals surface area (Å²) in [5.41, 5.74) is 1.01. The highest BCUT2D eigenvalue weighted by Crippen LogP contribution is 2.44. The Morgan fingerprint density at radius 2 is 1.75 bits per heavy atom. The summed E-state index contributed by atoms with van der Waals surface area (Å²) in [6, 6.07) is 15.3. The van der Waals surface area contributed by atoms with E-state index in [-0.39, 0.29) is 28.9 Å². The quantitative estimate of drug-likeness (QED) is 0.358. The van der Waals surface area contributed by atoms with Crippen molar-refractivity contribution in [2.45, 2.75) is 26.0 Å². The van der Waals surface area contributed by atoms with Gasteiger partial charge in [-0.1, -0.05) is 24.3 Å². The molecule has 4 rings (SSSR count). The van der Waals surface area contributed by atoms with E-state index in [2.05, 4.69) is 4.98 Å². The van der Waals surface area contributed by atoms with Crippen molar-refractivity contribution in [3.05, 3.63) is 89.8 Å². The number of anilines is 1. The molecule has 0 aliphatic carbocycles. The molecule has 32 heavy (non-hydrogen) atoms. The minimum absolute atomic E-state index is 0.0733. The number of nitrogens with zero attached hydrogens (tertiary/aromatic N) is 2. The fourth-order valence-corrected chi connectivity index (χ4v) is 3.75. The number of carbonyl (C=O) groups is 2. The lowest BCUT2D eigenvalue weighted by molar-refractivity contribution is -0.132. The summed E-state index contributed by atoms with van der Waals surface area (Å²) in [6.07, 6.45) is 3.00. The number of para-hydroxylation sites is 2. The highest BCUT2D eigenvalue weighted by molar-refractivity contribution is 6.51. The van der Waals surface area contributed by atoms with Gasteiger partial charge in [-0.2, -0.15) is 0 Å². The minimum atomic E-state index is -0.944. The van der Waals surface area contributed by atoms with E-state index in [1.807, 2.05) is 13.8 Å². The summed E-state index contributed by atoms with van der Waals surface area (Å²) < 4.78 is 5.70. The number of carbonyl (C=O) groups excluding carboxylic acids is 2. The number of aliphatic hydroxyl groups excluding tert-OH is 1. The lowest BCUT2D eigenvalue weighted by Crippen LogP contribution is -2.29. The van der Waals surface area contributed by atoms with Crippen molar-refractivity contribution >= 4 is 23.1 Å². The van der Waals surface area contributed by atoms with Gasteiger partial charge in [-0.3, -0.25) is 19.5 Å². The molecule has 0 saturated carbocycles. The van der Waals surface area contributed by atoms with E-state index in [0.717, 1.165) is 0 Å². The van der Waals surface area contributed by atoms with Gasteiger partial charge in [0.15, 0.2) is 0 Å². The SMILES string of the molecule is CC(C)Oc1cccc(/C(O)=C2/C(=O)C(=O)N(c3ccccc3O)C2c2ccncc2)c1. The van der Waals surface area contributed by atoms with E-state index in [9.17, 15) is 19.8 Å². The molecule has 2 N–H and O–H groups in total. The zero-order valence-electron chi connectivity index (χ0n) is 17.6. The van der Waals surface area contributed by atoms with E-state index in [1.165, 1.54) is 23.4 Å². The number of aliphatic hydroxyl groups is 1. The van der Waals surface area contributed by atoms with Crippen LogP contribution in [0.5, 0.6) is 11.5 Å². The van der Waals surface area contributed by atoms with Crippen LogP contribution in [0.3, 0.4) is 0 Å². The lowest BCUT2D eigenvalue weighted by atomic mass is 9.95. The first-order chi connectivity index (χ1) is 15.4. The molecule has 0 radical (unpaired) electrons. The molecule has 3 aromatic rings. The first-order valence-corrected chi connectivity index (χ1v) is 10.1. The van der Waals surface area contributed by atoms with E-state index < -0.39 is 17.7 Å². The minimum Gasteiger partial charge on any atom is -0.507 e. The number of hydrogen-bond donors (Lipinski definition) is 2. The summed E-state index contributed by atoms with van der Waals surface area (Å²) in [4.78, 5) is 31.4. The van der Waals surface area contributed by atoms with Crippen molar-refractivity contribution in [2.75, 3.05) is 4.90 Å². The number of ether oxygens (including phenoxy) is 1. The largest absolute Gasteiger partial charge is 0.507 e. The molecule has 7 nitrogen and oxygen atoms in total.